The van der Waals surface area contributed by atoms with Gasteiger partial charge in [0.25, 0.3) is 0 Å². The number of rotatable bonds is 1. The van der Waals surface area contributed by atoms with E-state index in [1.807, 2.05) is 0 Å². The van der Waals surface area contributed by atoms with Crippen LogP contribution in [0.3, 0.4) is 0 Å². The van der Waals surface area contributed by atoms with E-state index in [-0.39, 0.29) is 6.10 Å². The third-order valence-electron chi connectivity index (χ3n) is 1.69. The van der Waals surface area contributed by atoms with E-state index in [1.165, 1.54) is 7.11 Å². The highest BCUT2D eigenvalue weighted by Gasteiger charge is 2.40. The predicted molar refractivity (Wildman–Crippen MR) is 33.4 cm³/mol. The lowest BCUT2D eigenvalue weighted by molar-refractivity contribution is -0.146. The second-order valence-electron chi connectivity index (χ2n) is 2.43. The van der Waals surface area contributed by atoms with Crippen molar-refractivity contribution in [3.8, 4) is 0 Å². The molecule has 4 heteroatoms. The number of aliphatic hydroxyl groups is 2. The summed E-state index contributed by atoms with van der Waals surface area (Å²) in [7, 11) is 1.43. The second kappa shape index (κ2) is 2.84. The van der Waals surface area contributed by atoms with Crippen LogP contribution in [-0.4, -0.2) is 41.9 Å². The van der Waals surface area contributed by atoms with Crippen LogP contribution in [0.4, 0.5) is 0 Å². The average Bonchev–Trinajstić information content (AvgIpc) is 2.17. The van der Waals surface area contributed by atoms with Crippen LogP contribution in [-0.2, 0) is 9.47 Å². The molecule has 1 saturated heterocycles. The number of hydrogen-bond acceptors (Lipinski definition) is 4. The zero-order valence-corrected chi connectivity index (χ0v) is 6.02. The van der Waals surface area contributed by atoms with Gasteiger partial charge in [-0.1, -0.05) is 0 Å². The first-order valence-corrected chi connectivity index (χ1v) is 3.21. The molecule has 10 heavy (non-hydrogen) atoms. The van der Waals surface area contributed by atoms with Gasteiger partial charge in [0.05, 0.1) is 6.10 Å². The van der Waals surface area contributed by atoms with E-state index >= 15 is 0 Å². The first-order valence-electron chi connectivity index (χ1n) is 3.21. The fourth-order valence-corrected chi connectivity index (χ4v) is 1.01. The summed E-state index contributed by atoms with van der Waals surface area (Å²) < 4.78 is 9.74. The molecule has 1 rings (SSSR count). The maximum Gasteiger partial charge on any atom is 0.186 e. The molecule has 0 aromatic carbocycles. The smallest absolute Gasteiger partial charge is 0.186 e. The van der Waals surface area contributed by atoms with E-state index in [9.17, 15) is 0 Å². The van der Waals surface area contributed by atoms with Crippen molar-refractivity contribution in [2.75, 3.05) is 7.11 Å². The van der Waals surface area contributed by atoms with Gasteiger partial charge in [0.15, 0.2) is 6.29 Å². The third-order valence-corrected chi connectivity index (χ3v) is 1.69. The summed E-state index contributed by atoms with van der Waals surface area (Å²) in [6, 6.07) is 0. The fraction of sp³-hybridized carbons (Fsp3) is 1.00. The van der Waals surface area contributed by atoms with Gasteiger partial charge >= 0.3 is 0 Å². The van der Waals surface area contributed by atoms with Gasteiger partial charge in [-0.05, 0) is 6.92 Å². The summed E-state index contributed by atoms with van der Waals surface area (Å²) in [5.41, 5.74) is 0. The molecule has 1 aliphatic heterocycles. The van der Waals surface area contributed by atoms with E-state index in [4.69, 9.17) is 19.7 Å². The minimum atomic E-state index is -0.917. The molecule has 4 nitrogen and oxygen atoms in total. The van der Waals surface area contributed by atoms with Crippen molar-refractivity contribution in [3.05, 3.63) is 0 Å². The topological polar surface area (TPSA) is 58.9 Å². The summed E-state index contributed by atoms with van der Waals surface area (Å²) in [4.78, 5) is 0. The summed E-state index contributed by atoms with van der Waals surface area (Å²) >= 11 is 0. The normalized spacial score (nSPS) is 48.0. The second-order valence-corrected chi connectivity index (χ2v) is 2.43. The van der Waals surface area contributed by atoms with E-state index in [0.717, 1.165) is 0 Å². The molecular formula is C6H12O4. The molecule has 0 saturated carbocycles. The Bertz CT molecular complexity index is 116. The summed E-state index contributed by atoms with van der Waals surface area (Å²) in [6.07, 6.45) is -2.77. The van der Waals surface area contributed by atoms with Crippen molar-refractivity contribution in [1.82, 2.24) is 0 Å². The Morgan fingerprint density at radius 2 is 1.90 bits per heavy atom. The average molecular weight is 148 g/mol. The van der Waals surface area contributed by atoms with Gasteiger partial charge in [-0.25, -0.2) is 0 Å². The van der Waals surface area contributed by atoms with Crippen molar-refractivity contribution < 1.29 is 19.7 Å². The molecule has 0 aromatic heterocycles. The number of ether oxygens (including phenoxy) is 2. The Labute approximate surface area is 59.4 Å². The SMILES string of the molecule is CO[C@H]1O[C@H](C)[C@H](O)[C@H]1O. The first kappa shape index (κ1) is 7.94. The lowest BCUT2D eigenvalue weighted by Gasteiger charge is -2.11. The lowest BCUT2D eigenvalue weighted by atomic mass is 10.2. The van der Waals surface area contributed by atoms with Crippen LogP contribution >= 0.6 is 0 Å². The maximum absolute atomic E-state index is 9.13. The van der Waals surface area contributed by atoms with Gasteiger partial charge in [0, 0.05) is 7.11 Å². The highest BCUT2D eigenvalue weighted by molar-refractivity contribution is 4.83. The Balaban J connectivity index is 2.53. The van der Waals surface area contributed by atoms with Crippen LogP contribution in [0.15, 0.2) is 0 Å². The van der Waals surface area contributed by atoms with E-state index in [2.05, 4.69) is 0 Å². The van der Waals surface area contributed by atoms with Crippen LogP contribution < -0.4 is 0 Å². The molecule has 2 N–H and O–H groups in total. The molecule has 0 unspecified atom stereocenters. The van der Waals surface area contributed by atoms with E-state index in [1.54, 1.807) is 6.92 Å². The zero-order valence-electron chi connectivity index (χ0n) is 6.02. The van der Waals surface area contributed by atoms with Crippen molar-refractivity contribution in [2.45, 2.75) is 31.5 Å². The van der Waals surface area contributed by atoms with Gasteiger partial charge in [-0.15, -0.1) is 0 Å². The minimum absolute atomic E-state index is 0.347. The van der Waals surface area contributed by atoms with Crippen molar-refractivity contribution in [1.29, 1.82) is 0 Å². The Hall–Kier alpha value is -0.160. The molecule has 0 aromatic rings. The molecule has 4 atom stereocenters. The molecule has 1 heterocycles. The predicted octanol–water partition coefficient (Wildman–Crippen LogP) is -0.901. The number of methoxy groups -OCH3 is 1. The van der Waals surface area contributed by atoms with Gasteiger partial charge in [0.1, 0.15) is 12.2 Å². The molecule has 1 aliphatic rings. The Morgan fingerprint density at radius 3 is 2.10 bits per heavy atom. The molecule has 1 fully saturated rings. The highest BCUT2D eigenvalue weighted by atomic mass is 16.7. The quantitative estimate of drug-likeness (QED) is 0.506. The summed E-state index contributed by atoms with van der Waals surface area (Å²) in [5.74, 6) is 0. The van der Waals surface area contributed by atoms with Crippen LogP contribution in [0.25, 0.3) is 0 Å². The van der Waals surface area contributed by atoms with Crippen LogP contribution in [0.2, 0.25) is 0 Å². The number of hydrogen-bond donors (Lipinski definition) is 2. The van der Waals surface area contributed by atoms with Gasteiger partial charge in [0.2, 0.25) is 0 Å². The fourth-order valence-electron chi connectivity index (χ4n) is 1.01. The lowest BCUT2D eigenvalue weighted by Crippen LogP contribution is -2.32. The minimum Gasteiger partial charge on any atom is -0.388 e. The number of aliphatic hydroxyl groups excluding tert-OH is 2. The molecule has 0 radical (unpaired) electrons. The Morgan fingerprint density at radius 1 is 1.30 bits per heavy atom. The van der Waals surface area contributed by atoms with Crippen molar-refractivity contribution in [2.24, 2.45) is 0 Å². The molecule has 0 amide bonds. The van der Waals surface area contributed by atoms with Crippen molar-refractivity contribution >= 4 is 0 Å². The molecule has 60 valence electrons. The first-order chi connectivity index (χ1) is 4.66. The van der Waals surface area contributed by atoms with Crippen LogP contribution in [0.5, 0.6) is 0 Å². The molecular weight excluding hydrogens is 136 g/mol. The molecule has 0 bridgehead atoms. The van der Waals surface area contributed by atoms with Gasteiger partial charge < -0.3 is 19.7 Å². The Kier molecular flexibility index (Phi) is 2.25. The third kappa shape index (κ3) is 1.15. The molecule has 0 aliphatic carbocycles. The van der Waals surface area contributed by atoms with Crippen molar-refractivity contribution in [3.63, 3.8) is 0 Å². The highest BCUT2D eigenvalue weighted by Crippen LogP contribution is 2.20. The molecule has 0 spiro atoms. The van der Waals surface area contributed by atoms with Gasteiger partial charge in [-0.3, -0.25) is 0 Å². The van der Waals surface area contributed by atoms with Gasteiger partial charge in [-0.2, -0.15) is 0 Å². The standard InChI is InChI=1S/C6H12O4/c1-3-4(7)5(8)6(9-2)10-3/h3-8H,1-2H3/t3-,4+,5-,6+/m1/s1. The van der Waals surface area contributed by atoms with Crippen LogP contribution in [0.1, 0.15) is 6.92 Å². The summed E-state index contributed by atoms with van der Waals surface area (Å²) in [6.45, 7) is 1.69. The largest absolute Gasteiger partial charge is 0.388 e. The van der Waals surface area contributed by atoms with E-state index < -0.39 is 18.5 Å². The van der Waals surface area contributed by atoms with Crippen LogP contribution in [0, 0.1) is 0 Å². The zero-order chi connectivity index (χ0) is 7.72. The van der Waals surface area contributed by atoms with E-state index in [0.29, 0.717) is 0 Å². The monoisotopic (exact) mass is 148 g/mol. The summed E-state index contributed by atoms with van der Waals surface area (Å²) in [5, 5.41) is 18.2. The maximum atomic E-state index is 9.13.